The molecule has 4 nitrogen and oxygen atoms in total. The fourth-order valence-electron chi connectivity index (χ4n) is 0.692. The number of nitrogens with zero attached hydrogens (tertiary/aromatic N) is 1. The van der Waals surface area contributed by atoms with Crippen molar-refractivity contribution in [2.24, 2.45) is 0 Å². The van der Waals surface area contributed by atoms with Crippen LogP contribution in [0.4, 0.5) is 13.2 Å². The molecule has 70 valence electrons. The van der Waals surface area contributed by atoms with Crippen molar-refractivity contribution >= 4 is 6.29 Å². The third-order valence-corrected chi connectivity index (χ3v) is 1.25. The van der Waals surface area contributed by atoms with Gasteiger partial charge in [-0.2, -0.15) is 18.3 Å². The molecular weight excluding hydrogens is 189 g/mol. The van der Waals surface area contributed by atoms with Crippen LogP contribution in [-0.2, 0) is 6.18 Å². The average Bonchev–Trinajstić information content (AvgIpc) is 2.03. The number of carbonyl (C=O) groups excluding carboxylic acids is 1. The maximum absolute atomic E-state index is 12.0. The molecule has 0 fully saturated rings. The zero-order valence-electron chi connectivity index (χ0n) is 6.05. The van der Waals surface area contributed by atoms with Crippen molar-refractivity contribution in [2.75, 3.05) is 0 Å². The van der Waals surface area contributed by atoms with Crippen molar-refractivity contribution in [1.82, 2.24) is 10.2 Å². The third-order valence-electron chi connectivity index (χ3n) is 1.25. The number of aromatic amines is 1. The summed E-state index contributed by atoms with van der Waals surface area (Å²) in [6.07, 6.45) is -4.65. The standard InChI is InChI=1S/C6H3F3N2O2/c7-6(8,9)4-1-3(2-12)10-11-5(4)13/h1-2H,(H,11,13). The highest BCUT2D eigenvalue weighted by Gasteiger charge is 2.34. The van der Waals surface area contributed by atoms with Crippen LogP contribution in [0.5, 0.6) is 0 Å². The lowest BCUT2D eigenvalue weighted by Crippen LogP contribution is -2.23. The highest BCUT2D eigenvalue weighted by atomic mass is 19.4. The van der Waals surface area contributed by atoms with Gasteiger partial charge in [-0.05, 0) is 6.07 Å². The minimum Gasteiger partial charge on any atom is -0.296 e. The number of halogens is 3. The lowest BCUT2D eigenvalue weighted by atomic mass is 10.2. The first-order chi connectivity index (χ1) is 5.95. The van der Waals surface area contributed by atoms with Crippen molar-refractivity contribution in [1.29, 1.82) is 0 Å². The maximum atomic E-state index is 12.0. The number of hydrogen-bond acceptors (Lipinski definition) is 3. The molecule has 0 unspecified atom stereocenters. The molecule has 1 aromatic heterocycles. The van der Waals surface area contributed by atoms with Gasteiger partial charge in [-0.3, -0.25) is 9.59 Å². The molecule has 7 heteroatoms. The van der Waals surface area contributed by atoms with E-state index in [-0.39, 0.29) is 6.29 Å². The molecule has 0 radical (unpaired) electrons. The van der Waals surface area contributed by atoms with Crippen molar-refractivity contribution in [3.05, 3.63) is 27.7 Å². The summed E-state index contributed by atoms with van der Waals surface area (Å²) in [6, 6.07) is 0.395. The van der Waals surface area contributed by atoms with Gasteiger partial charge in [-0.25, -0.2) is 5.10 Å². The molecule has 0 bridgehead atoms. The Hall–Kier alpha value is -1.66. The highest BCUT2D eigenvalue weighted by molar-refractivity contribution is 5.71. The number of aromatic nitrogens is 2. The van der Waals surface area contributed by atoms with Crippen LogP contribution in [-0.4, -0.2) is 16.5 Å². The van der Waals surface area contributed by atoms with Crippen LogP contribution in [0.15, 0.2) is 10.9 Å². The normalized spacial score (nSPS) is 11.3. The summed E-state index contributed by atoms with van der Waals surface area (Å²) in [6.45, 7) is 0. The number of aldehydes is 1. The van der Waals surface area contributed by atoms with Crippen LogP contribution in [0.2, 0.25) is 0 Å². The van der Waals surface area contributed by atoms with Gasteiger partial charge in [0.05, 0.1) is 0 Å². The highest BCUT2D eigenvalue weighted by Crippen LogP contribution is 2.25. The smallest absolute Gasteiger partial charge is 0.296 e. The van der Waals surface area contributed by atoms with E-state index in [0.29, 0.717) is 6.07 Å². The molecule has 0 amide bonds. The van der Waals surface area contributed by atoms with Crippen LogP contribution < -0.4 is 5.56 Å². The van der Waals surface area contributed by atoms with E-state index in [4.69, 9.17) is 0 Å². The second-order valence-corrected chi connectivity index (χ2v) is 2.15. The van der Waals surface area contributed by atoms with Crippen molar-refractivity contribution in [3.63, 3.8) is 0 Å². The van der Waals surface area contributed by atoms with Gasteiger partial charge in [0.25, 0.3) is 5.56 Å². The monoisotopic (exact) mass is 192 g/mol. The molecule has 1 N–H and O–H groups in total. The SMILES string of the molecule is O=Cc1cc(C(F)(F)F)c(=O)[nH]n1. The molecule has 0 aliphatic rings. The number of rotatable bonds is 1. The van der Waals surface area contributed by atoms with E-state index in [1.807, 2.05) is 0 Å². The molecule has 0 saturated heterocycles. The molecule has 0 saturated carbocycles. The van der Waals surface area contributed by atoms with Crippen molar-refractivity contribution in [2.45, 2.75) is 6.18 Å². The van der Waals surface area contributed by atoms with E-state index in [2.05, 4.69) is 5.10 Å². The Kier molecular flexibility index (Phi) is 2.18. The molecule has 0 aromatic carbocycles. The Labute approximate surface area is 69.4 Å². The van der Waals surface area contributed by atoms with Crippen LogP contribution in [0.25, 0.3) is 0 Å². The summed E-state index contributed by atoms with van der Waals surface area (Å²) in [7, 11) is 0. The number of alkyl halides is 3. The summed E-state index contributed by atoms with van der Waals surface area (Å²) in [5, 5.41) is 4.63. The predicted octanol–water partition coefficient (Wildman–Crippen LogP) is 0.601. The second kappa shape index (κ2) is 3.00. The van der Waals surface area contributed by atoms with Gasteiger partial charge in [0.1, 0.15) is 11.3 Å². The first-order valence-electron chi connectivity index (χ1n) is 3.07. The van der Waals surface area contributed by atoms with Gasteiger partial charge < -0.3 is 0 Å². The Morgan fingerprint density at radius 2 is 2.08 bits per heavy atom. The Balaban J connectivity index is 3.36. The molecule has 0 spiro atoms. The van der Waals surface area contributed by atoms with E-state index in [0.717, 1.165) is 0 Å². The van der Waals surface area contributed by atoms with Crippen LogP contribution in [0.3, 0.4) is 0 Å². The first-order valence-corrected chi connectivity index (χ1v) is 3.07. The van der Waals surface area contributed by atoms with Gasteiger partial charge >= 0.3 is 6.18 Å². The van der Waals surface area contributed by atoms with Gasteiger partial charge in [-0.1, -0.05) is 0 Å². The lowest BCUT2D eigenvalue weighted by molar-refractivity contribution is -0.138. The van der Waals surface area contributed by atoms with Crippen LogP contribution in [0.1, 0.15) is 16.1 Å². The molecule has 0 aliphatic heterocycles. The zero-order valence-corrected chi connectivity index (χ0v) is 6.05. The zero-order chi connectivity index (χ0) is 10.1. The average molecular weight is 192 g/mol. The summed E-state index contributed by atoms with van der Waals surface area (Å²) >= 11 is 0. The summed E-state index contributed by atoms with van der Waals surface area (Å²) < 4.78 is 36.0. The van der Waals surface area contributed by atoms with E-state index in [1.54, 1.807) is 5.10 Å². The van der Waals surface area contributed by atoms with Gasteiger partial charge in [0, 0.05) is 0 Å². The molecule has 0 atom stereocenters. The quantitative estimate of drug-likeness (QED) is 0.662. The molecule has 1 rings (SSSR count). The second-order valence-electron chi connectivity index (χ2n) is 2.15. The van der Waals surface area contributed by atoms with Gasteiger partial charge in [0.2, 0.25) is 0 Å². The van der Waals surface area contributed by atoms with Crippen LogP contribution >= 0.6 is 0 Å². The van der Waals surface area contributed by atoms with E-state index >= 15 is 0 Å². The number of H-pyrrole nitrogens is 1. The Bertz CT molecular complexity index is 382. The van der Waals surface area contributed by atoms with Gasteiger partial charge in [-0.15, -0.1) is 0 Å². The fourth-order valence-corrected chi connectivity index (χ4v) is 0.692. The predicted molar refractivity (Wildman–Crippen MR) is 35.2 cm³/mol. The number of carbonyl (C=O) groups is 1. The van der Waals surface area contributed by atoms with E-state index < -0.39 is 23.0 Å². The molecule has 1 heterocycles. The van der Waals surface area contributed by atoms with Crippen LogP contribution in [0, 0.1) is 0 Å². The topological polar surface area (TPSA) is 62.8 Å². The fraction of sp³-hybridized carbons (Fsp3) is 0.167. The Morgan fingerprint density at radius 3 is 2.54 bits per heavy atom. The minimum absolute atomic E-state index is 0.116. The molecule has 13 heavy (non-hydrogen) atoms. The maximum Gasteiger partial charge on any atom is 0.421 e. The summed E-state index contributed by atoms with van der Waals surface area (Å²) in [5.74, 6) is 0. The minimum atomic E-state index is -4.77. The lowest BCUT2D eigenvalue weighted by Gasteiger charge is -2.03. The van der Waals surface area contributed by atoms with Crippen molar-refractivity contribution < 1.29 is 18.0 Å². The Morgan fingerprint density at radius 1 is 1.46 bits per heavy atom. The first kappa shape index (κ1) is 9.43. The molecular formula is C6H3F3N2O2. The third kappa shape index (κ3) is 1.92. The summed E-state index contributed by atoms with van der Waals surface area (Å²) in [4.78, 5) is 20.6. The van der Waals surface area contributed by atoms with Crippen molar-refractivity contribution in [3.8, 4) is 0 Å². The largest absolute Gasteiger partial charge is 0.421 e. The van der Waals surface area contributed by atoms with E-state index in [1.165, 1.54) is 0 Å². The molecule has 0 aliphatic carbocycles. The number of hydrogen-bond donors (Lipinski definition) is 1. The summed E-state index contributed by atoms with van der Waals surface area (Å²) in [5.41, 5.74) is -3.25. The van der Waals surface area contributed by atoms with Gasteiger partial charge in [0.15, 0.2) is 6.29 Å². The van der Waals surface area contributed by atoms with E-state index in [9.17, 15) is 22.8 Å². The number of nitrogens with one attached hydrogen (secondary N) is 1. The molecule has 1 aromatic rings.